The van der Waals surface area contributed by atoms with Crippen molar-refractivity contribution in [3.8, 4) is 0 Å². The molecule has 3 N–H and O–H groups in total. The Morgan fingerprint density at radius 3 is 0.906 bits per heavy atom. The topological polar surface area (TPSA) is 183 Å². The number of esters is 4. The molecular weight excluding hydrogens is 1570 g/mol. The number of nitrogens with one attached hydrogen (secondary N) is 3. The molecule has 7 aromatic carbocycles. The minimum atomic E-state index is -0.260. The second-order valence-electron chi connectivity index (χ2n) is 40.5. The van der Waals surface area contributed by atoms with E-state index in [0.29, 0.717) is 55.2 Å². The van der Waals surface area contributed by atoms with Gasteiger partial charge in [0.2, 0.25) is 0 Å². The van der Waals surface area contributed by atoms with Gasteiger partial charge in [0.05, 0.1) is 60.9 Å². The number of hydrogen-bond acceptors (Lipinski definition) is 15. The van der Waals surface area contributed by atoms with E-state index in [1.54, 1.807) is 12.5 Å². The molecule has 16 bridgehead atoms. The van der Waals surface area contributed by atoms with E-state index in [0.717, 1.165) is 193 Å². The van der Waals surface area contributed by atoms with Crippen LogP contribution in [-0.2, 0) is 77.4 Å². The van der Waals surface area contributed by atoms with E-state index >= 15 is 0 Å². The largest absolute Gasteiger partial charge is 0.462 e. The first-order chi connectivity index (χ1) is 62.2. The Bertz CT molecular complexity index is 4660. The predicted molar refractivity (Wildman–Crippen MR) is 504 cm³/mol. The zero-order chi connectivity index (χ0) is 86.7. The first-order valence-corrected chi connectivity index (χ1v) is 49.2. The molecule has 9 aromatic rings. The molecule has 16 aliphatic carbocycles. The zero-order valence-corrected chi connectivity index (χ0v) is 75.6. The van der Waals surface area contributed by atoms with Crippen molar-refractivity contribution in [2.45, 2.75) is 215 Å². The van der Waals surface area contributed by atoms with Crippen molar-refractivity contribution in [3.05, 3.63) is 279 Å². The van der Waals surface area contributed by atoms with Gasteiger partial charge in [0.25, 0.3) is 0 Å². The molecule has 0 atom stereocenters. The van der Waals surface area contributed by atoms with Crippen molar-refractivity contribution in [2.24, 2.45) is 118 Å². The minimum Gasteiger partial charge on any atom is -0.462 e. The van der Waals surface area contributed by atoms with Crippen LogP contribution in [0.5, 0.6) is 0 Å². The van der Waals surface area contributed by atoms with Gasteiger partial charge in [-0.25, -0.2) is 29.1 Å². The summed E-state index contributed by atoms with van der Waals surface area (Å²) in [4.78, 5) is 64.6. The molecule has 0 saturated heterocycles. The quantitative estimate of drug-likeness (QED) is 0.0285. The van der Waals surface area contributed by atoms with E-state index in [-0.39, 0.29) is 23.9 Å². The van der Waals surface area contributed by atoms with Crippen molar-refractivity contribution >= 4 is 46.6 Å². The van der Waals surface area contributed by atoms with Crippen molar-refractivity contribution in [1.82, 2.24) is 15.0 Å². The fourth-order valence-corrected chi connectivity index (χ4v) is 27.6. The lowest BCUT2D eigenvalue weighted by atomic mass is 9.51. The Hall–Kier alpha value is -10.2. The van der Waals surface area contributed by atoms with Gasteiger partial charge in [0, 0.05) is 67.5 Å². The van der Waals surface area contributed by atoms with Crippen LogP contribution in [0, 0.1) is 118 Å². The van der Waals surface area contributed by atoms with Crippen LogP contribution >= 0.6 is 0 Å². The summed E-state index contributed by atoms with van der Waals surface area (Å²) in [5.74, 6) is 17.3. The number of anilines is 4. The first kappa shape index (κ1) is 87.5. The van der Waals surface area contributed by atoms with Crippen LogP contribution in [0.2, 0.25) is 0 Å². The maximum Gasteiger partial charge on any atom is 0.338 e. The van der Waals surface area contributed by atoms with Gasteiger partial charge < -0.3 is 39.8 Å². The van der Waals surface area contributed by atoms with Crippen LogP contribution in [-0.4, -0.2) is 65.3 Å². The molecule has 127 heavy (non-hydrogen) atoms. The molecule has 0 radical (unpaired) electrons. The molecule has 15 heteroatoms. The molecule has 0 spiro atoms. The monoisotopic (exact) mass is 1710 g/mol. The van der Waals surface area contributed by atoms with Gasteiger partial charge in [-0.1, -0.05) is 115 Å². The number of rotatable bonds is 30. The maximum absolute atomic E-state index is 12.8. The Balaban J connectivity index is 0.000000115. The Morgan fingerprint density at radius 2 is 0.591 bits per heavy atom. The summed E-state index contributed by atoms with van der Waals surface area (Å²) in [6, 6.07) is 62.4. The summed E-state index contributed by atoms with van der Waals surface area (Å²) in [6.45, 7) is 12.7. The van der Waals surface area contributed by atoms with Crippen LogP contribution in [0.4, 0.5) is 22.7 Å². The lowest BCUT2D eigenvalue weighted by Crippen LogP contribution is -2.45. The highest BCUT2D eigenvalue weighted by Gasteiger charge is 2.52. The fourth-order valence-electron chi connectivity index (χ4n) is 27.6. The number of hydrogen-bond donors (Lipinski definition) is 3. The zero-order valence-electron chi connectivity index (χ0n) is 75.6. The molecule has 2 heterocycles. The molecule has 25 rings (SSSR count). The molecule has 0 amide bonds. The SMILES string of the molecule is CCOC(=O)c1ccc(CC2C3CC4CC(C3)CC2C4)c(N(Cc2ccccc2)Cc2ccccc2)c1.CCOC(=O)c1ccc(CC2C3CC4CC(C3)CC2C4)c(NCc2ccccc2)c1.CCOC(=O)c1ccc(CC2C3CC4CC(C3)CC2C4)c(NCc2ccncc2)c1.CCOC(=O)c1ccc(CC2C3CC4CC(C3)CC2C4)c(NCc2ccncn2)c1. The number of carbonyl (C=O) groups excluding carboxylic acids is 4. The van der Waals surface area contributed by atoms with Gasteiger partial charge in [0.15, 0.2) is 0 Å². The van der Waals surface area contributed by atoms with Gasteiger partial charge in [0.1, 0.15) is 6.33 Å². The van der Waals surface area contributed by atoms with Crippen LogP contribution in [0.25, 0.3) is 0 Å². The summed E-state index contributed by atoms with van der Waals surface area (Å²) in [7, 11) is 0. The van der Waals surface area contributed by atoms with Crippen LogP contribution in [0.15, 0.2) is 207 Å². The number of carbonyl (C=O) groups is 4. The van der Waals surface area contributed by atoms with E-state index < -0.39 is 0 Å². The average Bonchev–Trinajstić information content (AvgIpc) is 0.769. The smallest absolute Gasteiger partial charge is 0.338 e. The van der Waals surface area contributed by atoms with Crippen molar-refractivity contribution in [2.75, 3.05) is 47.3 Å². The number of ether oxygens (including phenoxy) is 4. The fraction of sp³-hybridized carbons (Fsp3) is 0.509. The van der Waals surface area contributed by atoms with Gasteiger partial charge in [-0.15, -0.1) is 0 Å². The lowest BCUT2D eigenvalue weighted by molar-refractivity contribution is -0.0360. The molecule has 16 aliphatic rings. The van der Waals surface area contributed by atoms with E-state index in [2.05, 4.69) is 151 Å². The third-order valence-corrected chi connectivity index (χ3v) is 32.4. The summed E-state index contributed by atoms with van der Waals surface area (Å²) < 4.78 is 21.1. The number of aromatic nitrogens is 3. The molecule has 15 nitrogen and oxygen atoms in total. The minimum absolute atomic E-state index is 0.232. The number of pyridine rings is 1. The molecule has 0 aliphatic heterocycles. The second kappa shape index (κ2) is 41.1. The van der Waals surface area contributed by atoms with Crippen molar-refractivity contribution in [1.29, 1.82) is 0 Å². The van der Waals surface area contributed by atoms with Gasteiger partial charge >= 0.3 is 23.9 Å². The number of nitrogens with zero attached hydrogens (tertiary/aromatic N) is 4. The summed E-state index contributed by atoms with van der Waals surface area (Å²) in [6.07, 6.45) is 40.5. The summed E-state index contributed by atoms with van der Waals surface area (Å²) in [5.41, 5.74) is 18.2. The molecule has 16 fully saturated rings. The van der Waals surface area contributed by atoms with Crippen LogP contribution in [0.1, 0.15) is 248 Å². The Morgan fingerprint density at radius 1 is 0.307 bits per heavy atom. The van der Waals surface area contributed by atoms with Crippen molar-refractivity contribution in [3.63, 3.8) is 0 Å². The van der Waals surface area contributed by atoms with E-state index in [4.69, 9.17) is 18.9 Å². The van der Waals surface area contributed by atoms with E-state index in [1.807, 2.05) is 107 Å². The highest BCUT2D eigenvalue weighted by atomic mass is 16.5. The highest BCUT2D eigenvalue weighted by molar-refractivity contribution is 5.93. The standard InChI is InChI=1S/C34H39NO2.C27H33NO2.C26H32N2O2.C25H31N3O2/c1-2-37-34(36)29-14-13-28(20-32-30-16-26-15-27(18-30)19-31(32)17-26)33(21-29)35(22-24-9-5-3-6-10-24)23-25-11-7-4-8-12-25;1-2-30-27(29)22-9-8-21(26(16-22)28-17-18-6-4-3-5-7-18)15-25-23-11-19-10-20(13-23)14-24(25)12-19;1-2-30-26(29)21-4-3-20(25(15-21)28-16-17-5-7-27-8-6-17)14-24-22-10-18-9-19(12-22)13-23(24)11-18;1-2-30-25(29)19-4-3-18(24(13-19)27-14-22-5-6-26-15-28-22)12-23-20-8-16-7-17(10-20)11-21(23)9-16/h3-14,21,26-27,30-32H,2,15-20,22-23H2,1H3;3-9,16,19-20,23-25,28H,2,10-15,17H2,1H3;3-8,15,18-19,22-24,28H,2,9-14,16H2,1H3;3-6,13,15-17,20-21,23,27H,2,7-12,14H2,1H3. The van der Waals surface area contributed by atoms with Gasteiger partial charge in [-0.05, 0) is 411 Å². The lowest BCUT2D eigenvalue weighted by Gasteiger charge is -2.54. The van der Waals surface area contributed by atoms with Crippen molar-refractivity contribution < 1.29 is 38.1 Å². The molecule has 666 valence electrons. The average molecular weight is 1710 g/mol. The first-order valence-electron chi connectivity index (χ1n) is 49.2. The van der Waals surface area contributed by atoms with E-state index in [9.17, 15) is 19.2 Å². The Labute approximate surface area is 754 Å². The molecule has 2 aromatic heterocycles. The molecule has 0 unspecified atom stereocenters. The summed E-state index contributed by atoms with van der Waals surface area (Å²) in [5, 5.41) is 10.8. The second-order valence-corrected chi connectivity index (χ2v) is 40.5. The van der Waals surface area contributed by atoms with Gasteiger partial charge in [-0.2, -0.15) is 0 Å². The van der Waals surface area contributed by atoms with Crippen LogP contribution in [0.3, 0.4) is 0 Å². The highest BCUT2D eigenvalue weighted by Crippen LogP contribution is 2.62. The molecule has 16 saturated carbocycles. The molecular formula is C112H135N7O8. The van der Waals surface area contributed by atoms with Gasteiger partial charge in [-0.3, -0.25) is 4.98 Å². The third kappa shape index (κ3) is 21.4. The third-order valence-electron chi connectivity index (χ3n) is 32.4. The maximum atomic E-state index is 12.8. The predicted octanol–water partition coefficient (Wildman–Crippen LogP) is 24.1. The Kier molecular flexibility index (Phi) is 28.3. The number of benzene rings is 7. The summed E-state index contributed by atoms with van der Waals surface area (Å²) >= 11 is 0. The van der Waals surface area contributed by atoms with E-state index in [1.165, 1.54) is 179 Å². The van der Waals surface area contributed by atoms with Crippen LogP contribution < -0.4 is 20.9 Å². The normalized spacial score (nSPS) is 28.1.